The van der Waals surface area contributed by atoms with Crippen LogP contribution in [0.1, 0.15) is 20.3 Å². The molecule has 0 heterocycles. The summed E-state index contributed by atoms with van der Waals surface area (Å²) in [4.78, 5) is 0. The summed E-state index contributed by atoms with van der Waals surface area (Å²) in [6, 6.07) is 0. The molecule has 38 valence electrons. The summed E-state index contributed by atoms with van der Waals surface area (Å²) in [5.41, 5.74) is 0. The Kier molecular flexibility index (Phi) is 2.94. The summed E-state index contributed by atoms with van der Waals surface area (Å²) in [6.07, 6.45) is 1.22. The summed E-state index contributed by atoms with van der Waals surface area (Å²) in [5.74, 6) is 0. The Morgan fingerprint density at radius 3 is 2.00 bits per heavy atom. The lowest BCUT2D eigenvalue weighted by atomic mass is 10.4. The molecule has 0 saturated heterocycles. The van der Waals surface area contributed by atoms with Crippen molar-refractivity contribution >= 4 is 31.8 Å². The molecule has 0 aliphatic rings. The van der Waals surface area contributed by atoms with Gasteiger partial charge in [0.1, 0.15) is 0 Å². The minimum atomic E-state index is 0.428. The van der Waals surface area contributed by atoms with E-state index in [1.165, 1.54) is 6.42 Å². The van der Waals surface area contributed by atoms with Crippen LogP contribution in [-0.4, -0.2) is 3.16 Å². The zero-order chi connectivity index (χ0) is 5.21. The van der Waals surface area contributed by atoms with E-state index < -0.39 is 0 Å². The van der Waals surface area contributed by atoms with E-state index in [0.29, 0.717) is 3.16 Å². The molecule has 0 aromatic rings. The van der Waals surface area contributed by atoms with Crippen LogP contribution in [0.15, 0.2) is 0 Å². The molecule has 0 aliphatic carbocycles. The van der Waals surface area contributed by atoms with Gasteiger partial charge in [0.25, 0.3) is 0 Å². The maximum Gasteiger partial charge on any atom is 0.0332 e. The molecule has 2 unspecified atom stereocenters. The average Bonchev–Trinajstić information content (AvgIpc) is 1.35. The van der Waals surface area contributed by atoms with E-state index in [1.54, 1.807) is 0 Å². The molecule has 0 spiro atoms. The van der Waals surface area contributed by atoms with Crippen molar-refractivity contribution in [1.29, 1.82) is 0 Å². The summed E-state index contributed by atoms with van der Waals surface area (Å²) in [5, 5.41) is 0. The number of hydrogen-bond donors (Lipinski definition) is 0. The highest BCUT2D eigenvalue weighted by Gasteiger charge is 2.06. The van der Waals surface area contributed by atoms with Gasteiger partial charge in [-0.1, -0.05) is 29.5 Å². The zero-order valence-corrected chi connectivity index (χ0v) is 7.47. The SMILES string of the molecule is CCC(C)(P)I. The van der Waals surface area contributed by atoms with Crippen molar-refractivity contribution in [2.24, 2.45) is 0 Å². The zero-order valence-electron chi connectivity index (χ0n) is 4.16. The Morgan fingerprint density at radius 2 is 2.00 bits per heavy atom. The molecule has 2 atom stereocenters. The first kappa shape index (κ1) is 7.16. The van der Waals surface area contributed by atoms with Crippen molar-refractivity contribution in [3.8, 4) is 0 Å². The fraction of sp³-hybridized carbons (Fsp3) is 1.00. The van der Waals surface area contributed by atoms with Crippen LogP contribution in [0.25, 0.3) is 0 Å². The highest BCUT2D eigenvalue weighted by Crippen LogP contribution is 2.28. The molecule has 0 aromatic heterocycles. The second-order valence-electron chi connectivity index (χ2n) is 1.63. The van der Waals surface area contributed by atoms with Crippen molar-refractivity contribution in [3.63, 3.8) is 0 Å². The third-order valence-corrected chi connectivity index (χ3v) is 1.86. The molecule has 0 amide bonds. The molecule has 2 heteroatoms. The highest BCUT2D eigenvalue weighted by molar-refractivity contribution is 14.1. The Morgan fingerprint density at radius 1 is 1.83 bits per heavy atom. The normalized spacial score (nSPS) is 20.0. The lowest BCUT2D eigenvalue weighted by molar-refractivity contribution is 0.881. The number of alkyl halides is 1. The maximum atomic E-state index is 2.78. The van der Waals surface area contributed by atoms with Crippen LogP contribution in [0.4, 0.5) is 0 Å². The number of hydrogen-bond acceptors (Lipinski definition) is 0. The van der Waals surface area contributed by atoms with Crippen LogP contribution >= 0.6 is 31.8 Å². The van der Waals surface area contributed by atoms with Crippen LogP contribution < -0.4 is 0 Å². The quantitative estimate of drug-likeness (QED) is 0.358. The van der Waals surface area contributed by atoms with E-state index in [2.05, 4.69) is 45.7 Å². The predicted molar refractivity (Wildman–Crippen MR) is 42.4 cm³/mol. The Balaban J connectivity index is 3.17. The summed E-state index contributed by atoms with van der Waals surface area (Å²) in [6.45, 7) is 4.37. The minimum absolute atomic E-state index is 0.428. The van der Waals surface area contributed by atoms with Gasteiger partial charge in [-0.15, -0.1) is 9.24 Å². The van der Waals surface area contributed by atoms with Gasteiger partial charge in [0, 0.05) is 3.16 Å². The molecule has 0 radical (unpaired) electrons. The van der Waals surface area contributed by atoms with E-state index in [1.807, 2.05) is 0 Å². The molecule has 0 bridgehead atoms. The molecule has 0 aliphatic heterocycles. The van der Waals surface area contributed by atoms with Gasteiger partial charge in [0.2, 0.25) is 0 Å². The number of rotatable bonds is 1. The van der Waals surface area contributed by atoms with Gasteiger partial charge in [-0.2, -0.15) is 0 Å². The molecular formula is C4H10IP. The largest absolute Gasteiger partial charge is 0.121 e. The van der Waals surface area contributed by atoms with Crippen molar-refractivity contribution in [2.45, 2.75) is 23.4 Å². The van der Waals surface area contributed by atoms with E-state index in [0.717, 1.165) is 0 Å². The summed E-state index contributed by atoms with van der Waals surface area (Å²) < 4.78 is 0.428. The van der Waals surface area contributed by atoms with Crippen LogP contribution in [0.5, 0.6) is 0 Å². The van der Waals surface area contributed by atoms with E-state index in [-0.39, 0.29) is 0 Å². The molecule has 6 heavy (non-hydrogen) atoms. The second kappa shape index (κ2) is 2.46. The Bertz CT molecular complexity index is 37.3. The summed E-state index contributed by atoms with van der Waals surface area (Å²) >= 11 is 2.40. The average molecular weight is 216 g/mol. The molecule has 0 fully saturated rings. The highest BCUT2D eigenvalue weighted by atomic mass is 127. The van der Waals surface area contributed by atoms with Gasteiger partial charge in [-0.05, 0) is 13.3 Å². The van der Waals surface area contributed by atoms with Gasteiger partial charge in [-0.3, -0.25) is 0 Å². The predicted octanol–water partition coefficient (Wildman–Crippen LogP) is 2.42. The van der Waals surface area contributed by atoms with Crippen molar-refractivity contribution in [2.75, 3.05) is 0 Å². The van der Waals surface area contributed by atoms with Gasteiger partial charge < -0.3 is 0 Å². The van der Waals surface area contributed by atoms with Crippen LogP contribution in [0.3, 0.4) is 0 Å². The van der Waals surface area contributed by atoms with Crippen LogP contribution in [-0.2, 0) is 0 Å². The molecule has 0 rings (SSSR count). The number of halogens is 1. The topological polar surface area (TPSA) is 0 Å². The van der Waals surface area contributed by atoms with Crippen LogP contribution in [0, 0.1) is 0 Å². The van der Waals surface area contributed by atoms with Gasteiger partial charge >= 0.3 is 0 Å². The fourth-order valence-electron chi connectivity index (χ4n) is 0. The molecule has 0 aromatic carbocycles. The summed E-state index contributed by atoms with van der Waals surface area (Å²) in [7, 11) is 2.78. The molecule has 0 nitrogen and oxygen atoms in total. The molecular weight excluding hydrogens is 206 g/mol. The lowest BCUT2D eigenvalue weighted by Gasteiger charge is -2.09. The Labute approximate surface area is 55.4 Å². The van der Waals surface area contributed by atoms with Gasteiger partial charge in [-0.25, -0.2) is 0 Å². The third-order valence-electron chi connectivity index (χ3n) is 0.691. The Hall–Kier alpha value is 1.16. The van der Waals surface area contributed by atoms with Gasteiger partial charge in [0.15, 0.2) is 0 Å². The van der Waals surface area contributed by atoms with Gasteiger partial charge in [0.05, 0.1) is 0 Å². The smallest absolute Gasteiger partial charge is 0.0332 e. The monoisotopic (exact) mass is 216 g/mol. The van der Waals surface area contributed by atoms with Crippen LogP contribution in [0.2, 0.25) is 0 Å². The van der Waals surface area contributed by atoms with E-state index in [9.17, 15) is 0 Å². The van der Waals surface area contributed by atoms with E-state index in [4.69, 9.17) is 0 Å². The standard InChI is InChI=1S/C4H10IP/c1-3-4(2,5)6/h3,6H2,1-2H3. The molecule has 0 saturated carbocycles. The van der Waals surface area contributed by atoms with Crippen molar-refractivity contribution in [1.82, 2.24) is 0 Å². The first-order valence-electron chi connectivity index (χ1n) is 2.04. The van der Waals surface area contributed by atoms with Crippen molar-refractivity contribution < 1.29 is 0 Å². The first-order chi connectivity index (χ1) is 2.56. The molecule has 0 N–H and O–H groups in total. The first-order valence-corrected chi connectivity index (χ1v) is 3.69. The maximum absolute atomic E-state index is 2.78. The second-order valence-corrected chi connectivity index (χ2v) is 6.55. The third kappa shape index (κ3) is 5.16. The van der Waals surface area contributed by atoms with Crippen molar-refractivity contribution in [3.05, 3.63) is 0 Å². The lowest BCUT2D eigenvalue weighted by Crippen LogP contribution is -1.98. The minimum Gasteiger partial charge on any atom is -0.121 e. The fourth-order valence-corrected chi connectivity index (χ4v) is 0. The van der Waals surface area contributed by atoms with E-state index >= 15 is 0 Å².